The standard InChI is InChI=1S/C13H13.2ClH.Zr/c1-2-6-12(7-3-1)10-11-13-8-4-5-9-13;;;/h1-4,6-8H,5,10-11H2;2*1H;/q;;;+2/p-2. The molecule has 0 heterocycles. The zero-order chi connectivity index (χ0) is 9.80. The molecule has 0 spiro atoms. The van der Waals surface area contributed by atoms with Gasteiger partial charge < -0.3 is 24.8 Å². The molecule has 1 aliphatic carbocycles. The van der Waals surface area contributed by atoms with Gasteiger partial charge >= 0.3 is 101 Å². The molecule has 0 N–H and O–H groups in total. The van der Waals surface area contributed by atoms with Crippen LogP contribution in [0.25, 0.3) is 0 Å². The van der Waals surface area contributed by atoms with Crippen LogP contribution in [0.1, 0.15) is 18.4 Å². The second-order valence-electron chi connectivity index (χ2n) is 3.60. The van der Waals surface area contributed by atoms with Crippen molar-refractivity contribution in [3.8, 4) is 0 Å². The quantitative estimate of drug-likeness (QED) is 0.569. The van der Waals surface area contributed by atoms with Gasteiger partial charge in [0.1, 0.15) is 0 Å². The van der Waals surface area contributed by atoms with Gasteiger partial charge in [0.05, 0.1) is 0 Å². The van der Waals surface area contributed by atoms with Crippen molar-refractivity contribution in [1.82, 2.24) is 0 Å². The Morgan fingerprint density at radius 3 is 2.25 bits per heavy atom. The molecule has 0 unspecified atom stereocenters. The molecule has 0 fully saturated rings. The van der Waals surface area contributed by atoms with Crippen molar-refractivity contribution in [2.24, 2.45) is 0 Å². The summed E-state index contributed by atoms with van der Waals surface area (Å²) in [4.78, 5) is 0. The van der Waals surface area contributed by atoms with Crippen LogP contribution in [-0.2, 0) is 31.1 Å². The molecular formula is C13H13Cl2Zr. The van der Waals surface area contributed by atoms with E-state index in [4.69, 9.17) is 0 Å². The van der Waals surface area contributed by atoms with Gasteiger partial charge in [-0.3, -0.25) is 0 Å². The molecule has 1 aliphatic rings. The van der Waals surface area contributed by atoms with E-state index in [0.717, 1.165) is 0 Å². The van der Waals surface area contributed by atoms with Gasteiger partial charge in [-0.2, -0.15) is 0 Å². The minimum atomic E-state index is 0. The summed E-state index contributed by atoms with van der Waals surface area (Å²) in [5.41, 5.74) is 3.02. The molecule has 83 valence electrons. The molecule has 0 aliphatic heterocycles. The molecule has 16 heavy (non-hydrogen) atoms. The molecule has 0 aromatic heterocycles. The number of halogens is 2. The van der Waals surface area contributed by atoms with Crippen molar-refractivity contribution < 1.29 is 49.5 Å². The van der Waals surface area contributed by atoms with E-state index in [1.807, 2.05) is 0 Å². The van der Waals surface area contributed by atoms with Crippen molar-refractivity contribution in [1.29, 1.82) is 0 Å². The van der Waals surface area contributed by atoms with Crippen LogP contribution in [0.5, 0.6) is 0 Å². The maximum atomic E-state index is 2.30. The summed E-state index contributed by atoms with van der Waals surface area (Å²) in [5.74, 6) is 0. The van der Waals surface area contributed by atoms with Crippen molar-refractivity contribution in [2.75, 3.05) is 0 Å². The Morgan fingerprint density at radius 2 is 1.69 bits per heavy atom. The van der Waals surface area contributed by atoms with E-state index in [2.05, 4.69) is 42.5 Å². The first-order valence-corrected chi connectivity index (χ1v) is 6.23. The molecule has 0 saturated heterocycles. The fourth-order valence-electron chi connectivity index (χ4n) is 1.71. The Labute approximate surface area is 125 Å². The summed E-state index contributed by atoms with van der Waals surface area (Å²) in [6.45, 7) is 0. The average molecular weight is 331 g/mol. The average Bonchev–Trinajstić information content (AvgIpc) is 2.63. The Morgan fingerprint density at radius 1 is 1.00 bits per heavy atom. The van der Waals surface area contributed by atoms with E-state index in [1.54, 1.807) is 33.6 Å². The van der Waals surface area contributed by atoms with Crippen molar-refractivity contribution in [2.45, 2.75) is 19.3 Å². The van der Waals surface area contributed by atoms with Gasteiger partial charge in [0, 0.05) is 0 Å². The van der Waals surface area contributed by atoms with Crippen LogP contribution in [0.4, 0.5) is 0 Å². The molecule has 3 heteroatoms. The van der Waals surface area contributed by atoms with Gasteiger partial charge in [-0.15, -0.1) is 0 Å². The Bertz CT molecular complexity index is 369. The van der Waals surface area contributed by atoms with Gasteiger partial charge in [-0.1, -0.05) is 0 Å². The zero-order valence-corrected chi connectivity index (χ0v) is 12.9. The molecule has 2 rings (SSSR count). The monoisotopic (exact) mass is 329 g/mol. The second-order valence-corrected chi connectivity index (χ2v) is 5.08. The van der Waals surface area contributed by atoms with Crippen LogP contribution in [0.3, 0.4) is 0 Å². The normalized spacial score (nSPS) is 13.4. The third kappa shape index (κ3) is 4.57. The fourth-order valence-corrected chi connectivity index (χ4v) is 2.51. The van der Waals surface area contributed by atoms with Crippen LogP contribution in [0.15, 0.2) is 51.3 Å². The molecule has 1 aromatic rings. The van der Waals surface area contributed by atoms with Crippen LogP contribution in [0.2, 0.25) is 0 Å². The number of aryl methyl sites for hydroxylation is 1. The van der Waals surface area contributed by atoms with Gasteiger partial charge in [0.25, 0.3) is 0 Å². The summed E-state index contributed by atoms with van der Waals surface area (Å²) in [6, 6.07) is 10.7. The molecule has 0 radical (unpaired) electrons. The maximum absolute atomic E-state index is 2.30. The number of allylic oxidation sites excluding steroid dienone is 4. The fraction of sp³-hybridized carbons (Fsp3) is 0.231. The van der Waals surface area contributed by atoms with Crippen molar-refractivity contribution in [3.63, 3.8) is 0 Å². The second kappa shape index (κ2) is 8.28. The van der Waals surface area contributed by atoms with Crippen LogP contribution in [0, 0.1) is 0 Å². The number of hydrogen-bond acceptors (Lipinski definition) is 0. The summed E-state index contributed by atoms with van der Waals surface area (Å²) in [5, 5.41) is 0. The predicted octanol–water partition coefficient (Wildman–Crippen LogP) is -2.61. The third-order valence-electron chi connectivity index (χ3n) is 2.55. The first-order chi connectivity index (χ1) is 6.86. The summed E-state index contributed by atoms with van der Waals surface area (Å²) in [6.07, 6.45) is 8.17. The molecular weight excluding hydrogens is 318 g/mol. The van der Waals surface area contributed by atoms with Crippen LogP contribution in [-0.4, -0.2) is 0 Å². The number of benzene rings is 1. The van der Waals surface area contributed by atoms with E-state index >= 15 is 0 Å². The third-order valence-corrected chi connectivity index (χ3v) is 3.85. The predicted molar refractivity (Wildman–Crippen MR) is 55.5 cm³/mol. The molecule has 0 nitrogen and oxygen atoms in total. The molecule has 1 aromatic carbocycles. The Kier molecular flexibility index (Phi) is 8.37. The first kappa shape index (κ1) is 16.2. The Hall–Kier alpha value is 0.163. The molecule has 0 amide bonds. The summed E-state index contributed by atoms with van der Waals surface area (Å²) >= 11 is 1.58. The molecule has 0 bridgehead atoms. The molecule has 0 atom stereocenters. The van der Waals surface area contributed by atoms with Crippen molar-refractivity contribution in [3.05, 3.63) is 56.9 Å². The topological polar surface area (TPSA) is 0 Å². The van der Waals surface area contributed by atoms with E-state index < -0.39 is 0 Å². The van der Waals surface area contributed by atoms with E-state index in [1.165, 1.54) is 24.8 Å². The van der Waals surface area contributed by atoms with Crippen LogP contribution < -0.4 is 24.8 Å². The van der Waals surface area contributed by atoms with E-state index in [9.17, 15) is 0 Å². The first-order valence-electron chi connectivity index (χ1n) is 5.00. The van der Waals surface area contributed by atoms with Gasteiger partial charge in [0.2, 0.25) is 0 Å². The van der Waals surface area contributed by atoms with Crippen LogP contribution >= 0.6 is 0 Å². The summed E-state index contributed by atoms with van der Waals surface area (Å²) in [7, 11) is 0. The summed E-state index contributed by atoms with van der Waals surface area (Å²) < 4.78 is 1.63. The Balaban J connectivity index is 0.00000112. The van der Waals surface area contributed by atoms with Gasteiger partial charge in [-0.05, 0) is 0 Å². The zero-order valence-electron chi connectivity index (χ0n) is 8.92. The minimum absolute atomic E-state index is 0. The van der Waals surface area contributed by atoms with Crippen molar-refractivity contribution >= 4 is 0 Å². The molecule has 0 saturated carbocycles. The number of rotatable bonds is 3. The van der Waals surface area contributed by atoms with Gasteiger partial charge in [-0.25, -0.2) is 0 Å². The van der Waals surface area contributed by atoms with Gasteiger partial charge in [0.15, 0.2) is 0 Å². The SMILES string of the molecule is [Cl-].[Cl-].[Zr+2][C]1=C(CCc2ccccc2)C=CC1. The van der Waals surface area contributed by atoms with E-state index in [0.29, 0.717) is 0 Å². The van der Waals surface area contributed by atoms with E-state index in [-0.39, 0.29) is 24.8 Å². The number of hydrogen-bond donors (Lipinski definition) is 0.